The molecule has 7 heteroatoms. The van der Waals surface area contributed by atoms with Gasteiger partial charge in [-0.05, 0) is 51.8 Å². The molecule has 1 rings (SSSR count). The zero-order valence-corrected chi connectivity index (χ0v) is 15.3. The van der Waals surface area contributed by atoms with Crippen molar-refractivity contribution in [2.45, 2.75) is 63.9 Å². The lowest BCUT2D eigenvalue weighted by Crippen LogP contribution is -2.40. The molecule has 0 heterocycles. The van der Waals surface area contributed by atoms with Crippen LogP contribution in [0.3, 0.4) is 0 Å². The molecule has 0 saturated carbocycles. The van der Waals surface area contributed by atoms with Gasteiger partial charge in [-0.3, -0.25) is 4.79 Å². The van der Waals surface area contributed by atoms with Crippen LogP contribution in [-0.2, 0) is 14.8 Å². The lowest BCUT2D eigenvalue weighted by Gasteiger charge is -2.22. The van der Waals surface area contributed by atoms with Gasteiger partial charge in [0.15, 0.2) is 0 Å². The summed E-state index contributed by atoms with van der Waals surface area (Å²) in [5.41, 5.74) is 6.14. The zero-order chi connectivity index (χ0) is 17.8. The molecule has 4 N–H and O–H groups in total. The number of carbonyl (C=O) groups excluding carboxylic acids is 1. The zero-order valence-electron chi connectivity index (χ0n) is 14.4. The van der Waals surface area contributed by atoms with Crippen LogP contribution in [0.5, 0.6) is 0 Å². The minimum Gasteiger partial charge on any atom is -0.324 e. The lowest BCUT2D eigenvalue weighted by atomic mass is 10.1. The number of hydrogen-bond donors (Lipinski definition) is 3. The van der Waals surface area contributed by atoms with Gasteiger partial charge in [0, 0.05) is 11.2 Å². The maximum atomic E-state index is 12.5. The van der Waals surface area contributed by atoms with Crippen LogP contribution >= 0.6 is 0 Å². The normalized spacial score (nSPS) is 13.7. The Balaban J connectivity index is 3.10. The van der Waals surface area contributed by atoms with Crippen molar-refractivity contribution < 1.29 is 13.2 Å². The first-order valence-corrected chi connectivity index (χ1v) is 9.16. The molecule has 0 radical (unpaired) electrons. The third kappa shape index (κ3) is 5.60. The molecular formula is C16H27N3O3S. The molecule has 0 aromatic heterocycles. The van der Waals surface area contributed by atoms with Gasteiger partial charge in [0.05, 0.1) is 10.9 Å². The minimum atomic E-state index is -3.67. The monoisotopic (exact) mass is 341 g/mol. The van der Waals surface area contributed by atoms with Crippen LogP contribution in [0.25, 0.3) is 0 Å². The maximum Gasteiger partial charge on any atom is 0.241 e. The first-order chi connectivity index (χ1) is 10.5. The van der Waals surface area contributed by atoms with E-state index in [1.807, 2.05) is 6.92 Å². The summed E-state index contributed by atoms with van der Waals surface area (Å²) in [6.45, 7) is 8.93. The van der Waals surface area contributed by atoms with Gasteiger partial charge in [-0.2, -0.15) is 0 Å². The topological polar surface area (TPSA) is 101 Å². The molecule has 1 amide bonds. The average molecular weight is 341 g/mol. The molecule has 0 fully saturated rings. The number of carbonyl (C=O) groups is 1. The van der Waals surface area contributed by atoms with Gasteiger partial charge in [-0.15, -0.1) is 0 Å². The van der Waals surface area contributed by atoms with E-state index in [-0.39, 0.29) is 10.8 Å². The molecule has 0 aliphatic carbocycles. The van der Waals surface area contributed by atoms with Gasteiger partial charge in [-0.25, -0.2) is 13.1 Å². The number of nitrogens with one attached hydrogen (secondary N) is 2. The molecule has 1 aromatic carbocycles. The number of nitrogens with two attached hydrogens (primary N) is 1. The largest absolute Gasteiger partial charge is 0.324 e. The number of hydrogen-bond acceptors (Lipinski definition) is 4. The average Bonchev–Trinajstić information content (AvgIpc) is 2.38. The molecule has 0 bridgehead atoms. The highest BCUT2D eigenvalue weighted by Crippen LogP contribution is 2.24. The van der Waals surface area contributed by atoms with E-state index in [9.17, 15) is 13.2 Å². The van der Waals surface area contributed by atoms with Gasteiger partial charge >= 0.3 is 0 Å². The Hall–Kier alpha value is -1.44. The van der Waals surface area contributed by atoms with Crippen LogP contribution in [0.1, 0.15) is 46.1 Å². The van der Waals surface area contributed by atoms with Crippen molar-refractivity contribution in [3.8, 4) is 0 Å². The van der Waals surface area contributed by atoms with Crippen molar-refractivity contribution in [1.82, 2.24) is 4.72 Å². The molecule has 0 spiro atoms. The van der Waals surface area contributed by atoms with Crippen molar-refractivity contribution >= 4 is 21.6 Å². The van der Waals surface area contributed by atoms with Gasteiger partial charge in [-0.1, -0.05) is 19.4 Å². The fraction of sp³-hybridized carbons (Fsp3) is 0.562. The molecule has 0 aliphatic heterocycles. The molecule has 0 aliphatic rings. The summed E-state index contributed by atoms with van der Waals surface area (Å²) in [5, 5.41) is 2.71. The SMILES string of the molecule is CCCC(N)C(=O)Nc1cccc(S(=O)(=O)NC(C)(C)C)c1C. The highest BCUT2D eigenvalue weighted by molar-refractivity contribution is 7.89. The Morgan fingerprint density at radius 1 is 1.30 bits per heavy atom. The summed E-state index contributed by atoms with van der Waals surface area (Å²) in [6.07, 6.45) is 1.38. The predicted molar refractivity (Wildman–Crippen MR) is 92.8 cm³/mol. The first-order valence-electron chi connectivity index (χ1n) is 7.68. The molecule has 1 aromatic rings. The smallest absolute Gasteiger partial charge is 0.241 e. The van der Waals surface area contributed by atoms with Crippen molar-refractivity contribution in [2.24, 2.45) is 5.73 Å². The number of benzene rings is 1. The Bertz CT molecular complexity index is 664. The summed E-state index contributed by atoms with van der Waals surface area (Å²) in [6, 6.07) is 4.19. The molecule has 1 unspecified atom stereocenters. The van der Waals surface area contributed by atoms with Crippen molar-refractivity contribution in [1.29, 1.82) is 0 Å². The second-order valence-electron chi connectivity index (χ2n) is 6.67. The van der Waals surface area contributed by atoms with Gasteiger partial charge in [0.2, 0.25) is 15.9 Å². The van der Waals surface area contributed by atoms with E-state index in [1.165, 1.54) is 6.07 Å². The molecule has 1 atom stereocenters. The number of anilines is 1. The van der Waals surface area contributed by atoms with Crippen LogP contribution in [-0.4, -0.2) is 25.9 Å². The highest BCUT2D eigenvalue weighted by Gasteiger charge is 2.25. The van der Waals surface area contributed by atoms with Crippen LogP contribution in [0.15, 0.2) is 23.1 Å². The van der Waals surface area contributed by atoms with E-state index in [4.69, 9.17) is 5.73 Å². The quantitative estimate of drug-likeness (QED) is 0.738. The second-order valence-corrected chi connectivity index (χ2v) is 8.32. The Morgan fingerprint density at radius 2 is 1.91 bits per heavy atom. The third-order valence-corrected chi connectivity index (χ3v) is 5.11. The first kappa shape index (κ1) is 19.6. The second kappa shape index (κ2) is 7.42. The molecule has 130 valence electrons. The number of sulfonamides is 1. The van der Waals surface area contributed by atoms with Crippen LogP contribution in [0.2, 0.25) is 0 Å². The van der Waals surface area contributed by atoms with Crippen molar-refractivity contribution in [3.05, 3.63) is 23.8 Å². The summed E-state index contributed by atoms with van der Waals surface area (Å²) in [5.74, 6) is -0.312. The van der Waals surface area contributed by atoms with E-state index in [2.05, 4.69) is 10.0 Å². The van der Waals surface area contributed by atoms with Crippen molar-refractivity contribution in [3.63, 3.8) is 0 Å². The van der Waals surface area contributed by atoms with E-state index < -0.39 is 21.6 Å². The van der Waals surface area contributed by atoms with E-state index in [1.54, 1.807) is 39.8 Å². The van der Waals surface area contributed by atoms with Gasteiger partial charge in [0.1, 0.15) is 0 Å². The van der Waals surface area contributed by atoms with Gasteiger partial charge in [0.25, 0.3) is 0 Å². The number of amides is 1. The summed E-state index contributed by atoms with van der Waals surface area (Å²) in [7, 11) is -3.67. The van der Waals surface area contributed by atoms with E-state index >= 15 is 0 Å². The maximum absolute atomic E-state index is 12.5. The summed E-state index contributed by atoms with van der Waals surface area (Å²) < 4.78 is 27.6. The predicted octanol–water partition coefficient (Wildman–Crippen LogP) is 2.14. The Morgan fingerprint density at radius 3 is 2.43 bits per heavy atom. The van der Waals surface area contributed by atoms with Gasteiger partial charge < -0.3 is 11.1 Å². The molecular weight excluding hydrogens is 314 g/mol. The van der Waals surface area contributed by atoms with Crippen LogP contribution in [0.4, 0.5) is 5.69 Å². The fourth-order valence-corrected chi connectivity index (χ4v) is 3.85. The third-order valence-electron chi connectivity index (χ3n) is 3.21. The van der Waals surface area contributed by atoms with Crippen LogP contribution < -0.4 is 15.8 Å². The Labute approximate surface area is 138 Å². The Kier molecular flexibility index (Phi) is 6.33. The highest BCUT2D eigenvalue weighted by atomic mass is 32.2. The van der Waals surface area contributed by atoms with E-state index in [0.717, 1.165) is 6.42 Å². The summed E-state index contributed by atoms with van der Waals surface area (Å²) in [4.78, 5) is 12.2. The fourth-order valence-electron chi connectivity index (χ4n) is 2.17. The minimum absolute atomic E-state index is 0.147. The summed E-state index contributed by atoms with van der Waals surface area (Å²) >= 11 is 0. The van der Waals surface area contributed by atoms with E-state index in [0.29, 0.717) is 17.7 Å². The molecule has 6 nitrogen and oxygen atoms in total. The van der Waals surface area contributed by atoms with Crippen LogP contribution in [0, 0.1) is 6.92 Å². The molecule has 23 heavy (non-hydrogen) atoms. The molecule has 0 saturated heterocycles. The standard InChI is InChI=1S/C16H27N3O3S/c1-6-8-12(17)15(20)18-13-9-7-10-14(11(13)2)23(21,22)19-16(3,4)5/h7,9-10,12,19H,6,8,17H2,1-5H3,(H,18,20). The lowest BCUT2D eigenvalue weighted by molar-refractivity contribution is -0.117. The number of rotatable bonds is 6. The van der Waals surface area contributed by atoms with Crippen molar-refractivity contribution in [2.75, 3.05) is 5.32 Å².